The molecule has 0 atom stereocenters. The lowest BCUT2D eigenvalue weighted by Gasteiger charge is -2.06. The summed E-state index contributed by atoms with van der Waals surface area (Å²) in [6, 6.07) is 4.22. The minimum atomic E-state index is 0.765. The molecule has 1 N–H and O–H groups in total. The summed E-state index contributed by atoms with van der Waals surface area (Å²) < 4.78 is 3.58. The number of rotatable bonds is 11. The molecule has 0 aliphatic rings. The molecule has 2 rings (SSSR count). The van der Waals surface area contributed by atoms with E-state index in [4.69, 9.17) is 10.5 Å². The van der Waals surface area contributed by atoms with Crippen molar-refractivity contribution in [1.82, 2.24) is 4.57 Å². The van der Waals surface area contributed by atoms with Gasteiger partial charge in [-0.25, -0.2) is 5.53 Å². The molecule has 0 amide bonds. The summed E-state index contributed by atoms with van der Waals surface area (Å²) in [5.74, 6) is 0. The number of nitrogens with one attached hydrogen (secondary N) is 1. The predicted molar refractivity (Wildman–Crippen MR) is 108 cm³/mol. The topological polar surface area (TPSA) is 53.5 Å². The van der Waals surface area contributed by atoms with E-state index < -0.39 is 0 Å². The van der Waals surface area contributed by atoms with Crippen molar-refractivity contribution in [1.29, 1.82) is 5.53 Å². The van der Waals surface area contributed by atoms with Crippen molar-refractivity contribution in [2.45, 2.75) is 78.7 Å². The maximum absolute atomic E-state index is 7.35. The number of aryl methyl sites for hydroxylation is 2. The molecule has 0 fully saturated rings. The molecule has 1 heterocycles. The van der Waals surface area contributed by atoms with E-state index in [0.717, 1.165) is 29.1 Å². The van der Waals surface area contributed by atoms with Gasteiger partial charge >= 0.3 is 0 Å². The van der Waals surface area contributed by atoms with Crippen LogP contribution in [0, 0.1) is 12.5 Å². The van der Waals surface area contributed by atoms with Gasteiger partial charge in [-0.05, 0) is 37.5 Å². The Morgan fingerprint density at radius 1 is 1.00 bits per heavy atom. The van der Waals surface area contributed by atoms with Gasteiger partial charge in [0, 0.05) is 13.1 Å². The van der Waals surface area contributed by atoms with Gasteiger partial charge in [0.25, 0.3) is 0 Å². The third-order valence-corrected chi connectivity index (χ3v) is 5.69. The highest BCUT2D eigenvalue weighted by Gasteiger charge is 2.09. The molecule has 4 nitrogen and oxygen atoms in total. The van der Waals surface area contributed by atoms with Crippen LogP contribution in [0.5, 0.6) is 0 Å². The van der Waals surface area contributed by atoms with Crippen LogP contribution in [0.4, 0.5) is 5.69 Å². The van der Waals surface area contributed by atoms with E-state index in [1.807, 2.05) is 13.0 Å². The molecule has 0 bridgehead atoms. The zero-order valence-electron chi connectivity index (χ0n) is 16.0. The van der Waals surface area contributed by atoms with E-state index in [2.05, 4.69) is 29.6 Å². The van der Waals surface area contributed by atoms with Crippen LogP contribution < -0.4 is 4.80 Å². The summed E-state index contributed by atoms with van der Waals surface area (Å²) >= 11 is 1.74. The molecule has 0 aliphatic heterocycles. The molecule has 2 aromatic rings. The molecule has 5 heteroatoms. The van der Waals surface area contributed by atoms with Crippen molar-refractivity contribution in [3.8, 4) is 0 Å². The van der Waals surface area contributed by atoms with E-state index in [1.54, 1.807) is 11.3 Å². The minimum Gasteiger partial charge on any atom is -0.317 e. The first-order valence-electron chi connectivity index (χ1n) is 9.73. The molecular weight excluding hydrogens is 328 g/mol. The first-order valence-corrected chi connectivity index (χ1v) is 10.5. The van der Waals surface area contributed by atoms with Crippen LogP contribution in [-0.2, 0) is 6.54 Å². The standard InChI is InChI=1S/C20H32N4S/c1-4-6-8-10-12-22-20-24(13-11-9-7-5-2)18-14-16(3)17(23-21)15-19(18)25-20/h14-15,21H,4-13H2,1-3H3. The van der Waals surface area contributed by atoms with E-state index in [1.165, 1.54) is 61.6 Å². The van der Waals surface area contributed by atoms with Crippen LogP contribution in [0.1, 0.15) is 70.8 Å². The van der Waals surface area contributed by atoms with Gasteiger partial charge in [-0.2, -0.15) is 5.11 Å². The number of thiazole rings is 1. The van der Waals surface area contributed by atoms with Gasteiger partial charge < -0.3 is 4.57 Å². The Labute approximate surface area is 155 Å². The third kappa shape index (κ3) is 5.50. The summed E-state index contributed by atoms with van der Waals surface area (Å²) in [4.78, 5) is 6.03. The molecular formula is C20H32N4S. The van der Waals surface area contributed by atoms with Crippen LogP contribution in [-0.4, -0.2) is 11.1 Å². The van der Waals surface area contributed by atoms with Crippen molar-refractivity contribution in [3.63, 3.8) is 0 Å². The van der Waals surface area contributed by atoms with Crippen LogP contribution in [0.25, 0.3) is 10.2 Å². The molecule has 1 aromatic heterocycles. The van der Waals surface area contributed by atoms with Gasteiger partial charge in [-0.3, -0.25) is 4.99 Å². The molecule has 0 radical (unpaired) electrons. The van der Waals surface area contributed by atoms with Crippen LogP contribution in [0.3, 0.4) is 0 Å². The van der Waals surface area contributed by atoms with Crippen molar-refractivity contribution in [3.05, 3.63) is 22.5 Å². The van der Waals surface area contributed by atoms with Crippen molar-refractivity contribution >= 4 is 27.2 Å². The van der Waals surface area contributed by atoms with E-state index in [-0.39, 0.29) is 0 Å². The fourth-order valence-electron chi connectivity index (χ4n) is 3.08. The van der Waals surface area contributed by atoms with Crippen molar-refractivity contribution in [2.75, 3.05) is 6.54 Å². The first-order chi connectivity index (χ1) is 12.2. The number of hydrogen-bond donors (Lipinski definition) is 1. The van der Waals surface area contributed by atoms with Gasteiger partial charge in [0.1, 0.15) is 0 Å². The maximum Gasteiger partial charge on any atom is 0.185 e. The highest BCUT2D eigenvalue weighted by atomic mass is 32.1. The maximum atomic E-state index is 7.35. The Balaban J connectivity index is 2.29. The van der Waals surface area contributed by atoms with E-state index in [9.17, 15) is 0 Å². The highest BCUT2D eigenvalue weighted by molar-refractivity contribution is 7.16. The SMILES string of the molecule is CCCCCCN=c1sc2cc(N=N)c(C)cc2n1CCCCCC. The number of nitrogens with zero attached hydrogens (tertiary/aromatic N) is 3. The zero-order valence-corrected chi connectivity index (χ0v) is 16.8. The number of aromatic nitrogens is 1. The average Bonchev–Trinajstić information content (AvgIpc) is 2.94. The molecule has 0 saturated carbocycles. The summed E-state index contributed by atoms with van der Waals surface area (Å²) in [6.45, 7) is 8.47. The van der Waals surface area contributed by atoms with Gasteiger partial charge in [-0.1, -0.05) is 63.7 Å². The zero-order chi connectivity index (χ0) is 18.1. The molecule has 138 valence electrons. The Kier molecular flexibility index (Phi) is 8.32. The second-order valence-corrected chi connectivity index (χ2v) is 7.77. The number of hydrogen-bond acceptors (Lipinski definition) is 4. The van der Waals surface area contributed by atoms with E-state index in [0.29, 0.717) is 0 Å². The Morgan fingerprint density at radius 2 is 1.72 bits per heavy atom. The van der Waals surface area contributed by atoms with Crippen LogP contribution >= 0.6 is 11.3 Å². The van der Waals surface area contributed by atoms with Gasteiger partial charge in [0.15, 0.2) is 4.80 Å². The van der Waals surface area contributed by atoms with Gasteiger partial charge in [0.05, 0.1) is 15.9 Å². The van der Waals surface area contributed by atoms with Crippen LogP contribution in [0.2, 0.25) is 0 Å². The van der Waals surface area contributed by atoms with Crippen molar-refractivity contribution in [2.24, 2.45) is 10.1 Å². The molecule has 25 heavy (non-hydrogen) atoms. The first kappa shape index (κ1) is 19.8. The number of fused-ring (bicyclic) bond motifs is 1. The lowest BCUT2D eigenvalue weighted by atomic mass is 10.2. The summed E-state index contributed by atoms with van der Waals surface area (Å²) in [6.07, 6.45) is 10.0. The van der Waals surface area contributed by atoms with Crippen molar-refractivity contribution < 1.29 is 0 Å². The fourth-order valence-corrected chi connectivity index (χ4v) is 4.17. The fraction of sp³-hybridized carbons (Fsp3) is 0.650. The Morgan fingerprint density at radius 3 is 2.40 bits per heavy atom. The van der Waals surface area contributed by atoms with Gasteiger partial charge in [0.2, 0.25) is 0 Å². The predicted octanol–water partition coefficient (Wildman–Crippen LogP) is 6.73. The Hall–Kier alpha value is -1.49. The lowest BCUT2D eigenvalue weighted by molar-refractivity contribution is 0.580. The molecule has 0 aliphatic carbocycles. The average molecular weight is 361 g/mol. The second-order valence-electron chi connectivity index (χ2n) is 6.76. The smallest absolute Gasteiger partial charge is 0.185 e. The second kappa shape index (κ2) is 10.5. The third-order valence-electron chi connectivity index (χ3n) is 4.61. The monoisotopic (exact) mass is 360 g/mol. The molecule has 1 aromatic carbocycles. The molecule has 0 unspecified atom stereocenters. The van der Waals surface area contributed by atoms with E-state index >= 15 is 0 Å². The molecule has 0 spiro atoms. The quantitative estimate of drug-likeness (QED) is 0.341. The summed E-state index contributed by atoms with van der Waals surface area (Å²) in [7, 11) is 0. The summed E-state index contributed by atoms with van der Waals surface area (Å²) in [5, 5.41) is 3.66. The normalized spacial score (nSPS) is 12.2. The van der Waals surface area contributed by atoms with Crippen LogP contribution in [0.15, 0.2) is 22.2 Å². The van der Waals surface area contributed by atoms with Gasteiger partial charge in [-0.15, -0.1) is 0 Å². The lowest BCUT2D eigenvalue weighted by Crippen LogP contribution is -2.15. The number of benzene rings is 1. The highest BCUT2D eigenvalue weighted by Crippen LogP contribution is 2.27. The molecule has 0 saturated heterocycles. The summed E-state index contributed by atoms with van der Waals surface area (Å²) in [5.41, 5.74) is 10.4. The minimum absolute atomic E-state index is 0.765. The number of unbranched alkanes of at least 4 members (excludes halogenated alkanes) is 6. The largest absolute Gasteiger partial charge is 0.317 e. The Bertz CT molecular complexity index is 742.